The number of carbonyl (C=O) groups excluding carboxylic acids is 2. The molecule has 1 spiro atoms. The van der Waals surface area contributed by atoms with E-state index in [1.165, 1.54) is 6.07 Å². The smallest absolute Gasteiger partial charge is 0.324 e. The molecule has 1 amide bonds. The van der Waals surface area contributed by atoms with E-state index in [1.54, 1.807) is 51.1 Å². The Morgan fingerprint density at radius 3 is 2.43 bits per heavy atom. The number of anilines is 1. The molecular weight excluding hydrogens is 490 g/mol. The number of fused-ring (bicyclic) bond motifs is 2. The molecule has 2 aliphatic rings. The van der Waals surface area contributed by atoms with Crippen LogP contribution in [-0.4, -0.2) is 29.6 Å². The summed E-state index contributed by atoms with van der Waals surface area (Å²) < 4.78 is 21.4. The van der Waals surface area contributed by atoms with Crippen molar-refractivity contribution in [2.45, 2.75) is 77.0 Å². The largest absolute Gasteiger partial charge is 0.459 e. The van der Waals surface area contributed by atoms with Gasteiger partial charge in [-0.2, -0.15) is 0 Å². The third-order valence-corrected chi connectivity index (χ3v) is 7.13. The Bertz CT molecular complexity index is 1190. The van der Waals surface area contributed by atoms with Crippen molar-refractivity contribution >= 4 is 40.8 Å². The van der Waals surface area contributed by atoms with Gasteiger partial charge in [-0.3, -0.25) is 14.9 Å². The number of rotatable bonds is 3. The molecule has 2 heterocycles. The van der Waals surface area contributed by atoms with Gasteiger partial charge in [0.15, 0.2) is 0 Å². The lowest BCUT2D eigenvalue weighted by atomic mass is 9.62. The molecule has 2 N–H and O–H groups in total. The van der Waals surface area contributed by atoms with Crippen LogP contribution in [0.3, 0.4) is 0 Å². The molecule has 8 heteroatoms. The second-order valence-corrected chi connectivity index (χ2v) is 12.5. The van der Waals surface area contributed by atoms with E-state index in [9.17, 15) is 9.59 Å². The first kappa shape index (κ1) is 25.9. The first-order chi connectivity index (χ1) is 16.1. The van der Waals surface area contributed by atoms with Crippen LogP contribution in [0.1, 0.15) is 65.0 Å². The number of carbonyl (C=O) groups is 2. The van der Waals surface area contributed by atoms with Crippen LogP contribution < -0.4 is 10.6 Å². The highest BCUT2D eigenvalue weighted by Gasteiger charge is 2.66. The number of esters is 1. The maximum absolute atomic E-state index is 15.6. The zero-order valence-electron chi connectivity index (χ0n) is 20.8. The van der Waals surface area contributed by atoms with Crippen LogP contribution in [-0.2, 0) is 19.7 Å². The van der Waals surface area contributed by atoms with Crippen molar-refractivity contribution < 1.29 is 18.7 Å². The molecule has 5 nitrogen and oxygen atoms in total. The van der Waals surface area contributed by atoms with Crippen LogP contribution in [0, 0.1) is 11.2 Å². The van der Waals surface area contributed by atoms with Gasteiger partial charge in [0.2, 0.25) is 5.91 Å². The Labute approximate surface area is 215 Å². The van der Waals surface area contributed by atoms with E-state index in [1.807, 2.05) is 0 Å². The monoisotopic (exact) mass is 520 g/mol. The van der Waals surface area contributed by atoms with Crippen LogP contribution in [0.15, 0.2) is 36.4 Å². The van der Waals surface area contributed by atoms with E-state index in [0.29, 0.717) is 22.7 Å². The van der Waals surface area contributed by atoms with Crippen LogP contribution in [0.5, 0.6) is 0 Å². The van der Waals surface area contributed by atoms with E-state index in [2.05, 4.69) is 31.4 Å². The van der Waals surface area contributed by atoms with Crippen LogP contribution >= 0.6 is 23.2 Å². The van der Waals surface area contributed by atoms with Gasteiger partial charge >= 0.3 is 5.97 Å². The normalized spacial score (nSPS) is 26.1. The molecule has 4 rings (SSSR count). The van der Waals surface area contributed by atoms with Crippen molar-refractivity contribution in [2.24, 2.45) is 5.41 Å². The van der Waals surface area contributed by atoms with Gasteiger partial charge in [0.1, 0.15) is 22.9 Å². The summed E-state index contributed by atoms with van der Waals surface area (Å²) in [6.45, 7) is 11.5. The van der Waals surface area contributed by atoms with Crippen LogP contribution in [0.2, 0.25) is 10.0 Å². The number of hydrogen-bond donors (Lipinski definition) is 2. The summed E-state index contributed by atoms with van der Waals surface area (Å²) >= 11 is 12.4. The van der Waals surface area contributed by atoms with Gasteiger partial charge in [0.25, 0.3) is 0 Å². The molecule has 1 fully saturated rings. The minimum atomic E-state index is -1.29. The highest BCUT2D eigenvalue weighted by molar-refractivity contribution is 6.31. The molecule has 0 aromatic heterocycles. The molecule has 1 saturated heterocycles. The van der Waals surface area contributed by atoms with Crippen molar-refractivity contribution in [2.75, 3.05) is 5.32 Å². The zero-order valence-corrected chi connectivity index (χ0v) is 22.3. The van der Waals surface area contributed by atoms with E-state index < -0.39 is 40.8 Å². The molecular formula is C27H31Cl2FN2O3. The van der Waals surface area contributed by atoms with Crippen molar-refractivity contribution in [3.63, 3.8) is 0 Å². The Morgan fingerprint density at radius 2 is 1.80 bits per heavy atom. The zero-order chi connectivity index (χ0) is 25.9. The Kier molecular flexibility index (Phi) is 6.48. The van der Waals surface area contributed by atoms with Gasteiger partial charge in [0, 0.05) is 22.7 Å². The fourth-order valence-electron chi connectivity index (χ4n) is 5.49. The second kappa shape index (κ2) is 8.75. The minimum absolute atomic E-state index is 0.0744. The first-order valence-electron chi connectivity index (χ1n) is 11.7. The highest BCUT2D eigenvalue weighted by Crippen LogP contribution is 2.57. The molecule has 1 unspecified atom stereocenters. The molecule has 0 bridgehead atoms. The standard InChI is InChI=1S/C27H31Cl2FN2O3/c1-25(2,3)13-19-27(16-11-10-14(28)12-18(16)31-24(27)34)20(15-8-7-9-17(29)21(15)30)22(32-19)23(33)35-26(4,5)6/h7-12,19-20,22,32H,13H2,1-6H3,(H,31,34)/t19-,20-,22+,27?/m1/s1. The van der Waals surface area contributed by atoms with Crippen molar-refractivity contribution in [1.29, 1.82) is 0 Å². The molecule has 2 aromatic rings. The van der Waals surface area contributed by atoms with Crippen molar-refractivity contribution in [3.8, 4) is 0 Å². The summed E-state index contributed by atoms with van der Waals surface area (Å²) in [6, 6.07) is 8.38. The second-order valence-electron chi connectivity index (χ2n) is 11.6. The van der Waals surface area contributed by atoms with Crippen LogP contribution in [0.25, 0.3) is 0 Å². The summed E-state index contributed by atoms with van der Waals surface area (Å²) in [5.41, 5.74) is -0.852. The molecule has 35 heavy (non-hydrogen) atoms. The first-order valence-corrected chi connectivity index (χ1v) is 12.4. The maximum atomic E-state index is 15.6. The van der Waals surface area contributed by atoms with E-state index in [-0.39, 0.29) is 21.9 Å². The molecule has 0 saturated carbocycles. The third kappa shape index (κ3) is 4.56. The average molecular weight is 521 g/mol. The molecule has 0 aliphatic carbocycles. The number of halogens is 3. The average Bonchev–Trinajstić information content (AvgIpc) is 3.17. The number of amides is 1. The van der Waals surface area contributed by atoms with Gasteiger partial charge in [0.05, 0.1) is 5.02 Å². The quantitative estimate of drug-likeness (QED) is 0.471. The SMILES string of the molecule is CC(C)(C)C[C@H]1N[C@H](C(=O)OC(C)(C)C)[C@@H](c2cccc(Cl)c2F)C12C(=O)Nc1cc(Cl)ccc12. The van der Waals surface area contributed by atoms with Crippen LogP contribution in [0.4, 0.5) is 10.1 Å². The minimum Gasteiger partial charge on any atom is -0.459 e. The number of ether oxygens (including phenoxy) is 1. The Morgan fingerprint density at radius 1 is 1.11 bits per heavy atom. The topological polar surface area (TPSA) is 67.4 Å². The fraction of sp³-hybridized carbons (Fsp3) is 0.481. The maximum Gasteiger partial charge on any atom is 0.324 e. The molecule has 188 valence electrons. The lowest BCUT2D eigenvalue weighted by Gasteiger charge is -2.37. The van der Waals surface area contributed by atoms with Crippen molar-refractivity contribution in [1.82, 2.24) is 5.32 Å². The number of hydrogen-bond acceptors (Lipinski definition) is 4. The third-order valence-electron chi connectivity index (χ3n) is 6.60. The number of benzene rings is 2. The summed E-state index contributed by atoms with van der Waals surface area (Å²) in [5, 5.41) is 6.75. The van der Waals surface area contributed by atoms with E-state index in [0.717, 1.165) is 0 Å². The summed E-state index contributed by atoms with van der Waals surface area (Å²) in [6.07, 6.45) is 0.542. The Hall–Kier alpha value is -2.15. The summed E-state index contributed by atoms with van der Waals surface area (Å²) in [5.74, 6) is -2.42. The fourth-order valence-corrected chi connectivity index (χ4v) is 5.85. The van der Waals surface area contributed by atoms with Gasteiger partial charge in [-0.1, -0.05) is 62.2 Å². The lowest BCUT2D eigenvalue weighted by Crippen LogP contribution is -2.49. The molecule has 2 aromatic carbocycles. The molecule has 4 atom stereocenters. The van der Waals surface area contributed by atoms with Gasteiger partial charge in [-0.25, -0.2) is 4.39 Å². The molecule has 0 radical (unpaired) electrons. The van der Waals surface area contributed by atoms with Gasteiger partial charge < -0.3 is 10.1 Å². The van der Waals surface area contributed by atoms with Gasteiger partial charge in [-0.15, -0.1) is 0 Å². The summed E-state index contributed by atoms with van der Waals surface area (Å²) in [7, 11) is 0. The summed E-state index contributed by atoms with van der Waals surface area (Å²) in [4.78, 5) is 27.6. The van der Waals surface area contributed by atoms with E-state index in [4.69, 9.17) is 27.9 Å². The van der Waals surface area contributed by atoms with Crippen molar-refractivity contribution in [3.05, 3.63) is 63.4 Å². The Balaban J connectivity index is 2.01. The van der Waals surface area contributed by atoms with E-state index >= 15 is 4.39 Å². The predicted octanol–water partition coefficient (Wildman–Crippen LogP) is 6.22. The highest BCUT2D eigenvalue weighted by atomic mass is 35.5. The lowest BCUT2D eigenvalue weighted by molar-refractivity contribution is -0.157. The van der Waals surface area contributed by atoms with Gasteiger partial charge in [-0.05, 0) is 61.9 Å². The molecule has 2 aliphatic heterocycles. The predicted molar refractivity (Wildman–Crippen MR) is 137 cm³/mol. The number of nitrogens with one attached hydrogen (secondary N) is 2.